The van der Waals surface area contributed by atoms with Gasteiger partial charge in [-0.3, -0.25) is 4.79 Å². The van der Waals surface area contributed by atoms with Crippen LogP contribution in [0.1, 0.15) is 69.8 Å². The topological polar surface area (TPSA) is 55.8 Å². The maximum Gasteiger partial charge on any atom is 0.303 e. The molecule has 0 spiro atoms. The van der Waals surface area contributed by atoms with Crippen LogP contribution in [0.3, 0.4) is 0 Å². The predicted molar refractivity (Wildman–Crippen MR) is 129 cm³/mol. The number of fused-ring (bicyclic) bond motifs is 2. The summed E-state index contributed by atoms with van der Waals surface area (Å²) in [4.78, 5) is 10.6. The summed E-state index contributed by atoms with van der Waals surface area (Å²) in [5.74, 6) is 0.488. The Morgan fingerprint density at radius 1 is 0.938 bits per heavy atom. The van der Waals surface area contributed by atoms with Crippen LogP contribution < -0.4 is 0 Å². The van der Waals surface area contributed by atoms with E-state index in [-0.39, 0.29) is 6.42 Å². The van der Waals surface area contributed by atoms with E-state index < -0.39 is 5.97 Å². The third kappa shape index (κ3) is 8.55. The molecule has 0 unspecified atom stereocenters. The van der Waals surface area contributed by atoms with Gasteiger partial charge in [0.2, 0.25) is 0 Å². The molecule has 1 N–H and O–H groups in total. The van der Waals surface area contributed by atoms with E-state index in [1.165, 1.54) is 24.8 Å². The number of hydrogen-bond acceptors (Lipinski definition) is 3. The Morgan fingerprint density at radius 3 is 2.47 bits per heavy atom. The number of hydrogen-bond donors (Lipinski definition) is 1. The molecule has 0 aromatic heterocycles. The van der Waals surface area contributed by atoms with Gasteiger partial charge in [0.25, 0.3) is 0 Å². The van der Waals surface area contributed by atoms with Crippen molar-refractivity contribution < 1.29 is 19.4 Å². The fourth-order valence-electron chi connectivity index (χ4n) is 5.12. The number of aryl methyl sites for hydroxylation is 1. The number of allylic oxidation sites excluding steroid dienone is 3. The van der Waals surface area contributed by atoms with E-state index in [0.717, 1.165) is 58.2 Å². The van der Waals surface area contributed by atoms with E-state index in [2.05, 4.69) is 54.6 Å². The molecule has 2 saturated heterocycles. The Bertz CT molecular complexity index is 711. The lowest BCUT2D eigenvalue weighted by Crippen LogP contribution is -2.28. The lowest BCUT2D eigenvalue weighted by molar-refractivity contribution is -0.137. The van der Waals surface area contributed by atoms with Crippen LogP contribution in [0.4, 0.5) is 0 Å². The Hall–Kier alpha value is -1.91. The van der Waals surface area contributed by atoms with Crippen LogP contribution in [0.5, 0.6) is 0 Å². The normalized spacial score (nSPS) is 24.8. The van der Waals surface area contributed by atoms with Crippen molar-refractivity contribution in [3.05, 3.63) is 60.2 Å². The molecule has 2 heterocycles. The molecule has 4 heteroatoms. The Morgan fingerprint density at radius 2 is 1.66 bits per heavy atom. The van der Waals surface area contributed by atoms with Gasteiger partial charge in [-0.1, -0.05) is 54.6 Å². The molecule has 2 fully saturated rings. The molecule has 32 heavy (non-hydrogen) atoms. The zero-order chi connectivity index (χ0) is 22.4. The molecular formula is C28H40O4. The first kappa shape index (κ1) is 24.7. The Labute approximate surface area is 193 Å². The summed E-state index contributed by atoms with van der Waals surface area (Å²) in [7, 11) is 0. The van der Waals surface area contributed by atoms with Crippen molar-refractivity contribution in [1.29, 1.82) is 0 Å². The van der Waals surface area contributed by atoms with E-state index in [0.29, 0.717) is 24.0 Å². The van der Waals surface area contributed by atoms with Gasteiger partial charge in [-0.05, 0) is 81.6 Å². The van der Waals surface area contributed by atoms with Gasteiger partial charge in [0.05, 0.1) is 18.8 Å². The maximum atomic E-state index is 10.6. The van der Waals surface area contributed by atoms with Crippen LogP contribution in [0, 0.1) is 11.8 Å². The summed E-state index contributed by atoms with van der Waals surface area (Å²) in [5.41, 5.74) is 1.42. The van der Waals surface area contributed by atoms with Crippen LogP contribution in [-0.4, -0.2) is 36.5 Å². The summed E-state index contributed by atoms with van der Waals surface area (Å²) < 4.78 is 12.1. The van der Waals surface area contributed by atoms with Crippen molar-refractivity contribution in [2.75, 3.05) is 13.2 Å². The van der Waals surface area contributed by atoms with Crippen molar-refractivity contribution in [3.63, 3.8) is 0 Å². The van der Waals surface area contributed by atoms with Crippen molar-refractivity contribution in [2.24, 2.45) is 11.8 Å². The second-order valence-corrected chi connectivity index (χ2v) is 9.15. The molecule has 2 aliphatic rings. The minimum absolute atomic E-state index is 0.254. The molecule has 1 aromatic rings. The number of unbranched alkanes of at least 4 members (excludes halogenated alkanes) is 2. The summed E-state index contributed by atoms with van der Waals surface area (Å²) in [5, 5.41) is 8.72. The fourth-order valence-corrected chi connectivity index (χ4v) is 5.12. The van der Waals surface area contributed by atoms with Crippen molar-refractivity contribution in [3.8, 4) is 0 Å². The van der Waals surface area contributed by atoms with E-state index in [9.17, 15) is 4.79 Å². The van der Waals surface area contributed by atoms with E-state index in [1.807, 2.05) is 0 Å². The van der Waals surface area contributed by atoms with E-state index >= 15 is 0 Å². The van der Waals surface area contributed by atoms with Gasteiger partial charge in [0.15, 0.2) is 0 Å². The van der Waals surface area contributed by atoms with Gasteiger partial charge >= 0.3 is 5.97 Å². The van der Waals surface area contributed by atoms with Crippen LogP contribution in [0.2, 0.25) is 0 Å². The molecule has 2 aliphatic heterocycles. The van der Waals surface area contributed by atoms with Gasteiger partial charge in [0.1, 0.15) is 0 Å². The zero-order valence-electron chi connectivity index (χ0n) is 19.4. The van der Waals surface area contributed by atoms with Crippen LogP contribution >= 0.6 is 0 Å². The van der Waals surface area contributed by atoms with Gasteiger partial charge < -0.3 is 14.6 Å². The average Bonchev–Trinajstić information content (AvgIpc) is 3.40. The molecule has 0 radical (unpaired) electrons. The van der Waals surface area contributed by atoms with Crippen molar-refractivity contribution in [2.45, 2.75) is 82.8 Å². The highest BCUT2D eigenvalue weighted by atomic mass is 16.5. The third-order valence-electron chi connectivity index (χ3n) is 6.80. The zero-order valence-corrected chi connectivity index (χ0v) is 19.4. The highest BCUT2D eigenvalue weighted by Crippen LogP contribution is 2.46. The fraction of sp³-hybridized carbons (Fsp3) is 0.607. The quantitative estimate of drug-likeness (QED) is 0.240. The van der Waals surface area contributed by atoms with Crippen LogP contribution in [0.15, 0.2) is 54.6 Å². The highest BCUT2D eigenvalue weighted by molar-refractivity contribution is 5.66. The molecule has 1 aromatic carbocycles. The SMILES string of the molecule is O=C(O)CCCC=CC[C@@H]1[C@H](CCOCCC=CCCCc2ccccc2)[C@@H]2CC[C@H]1O2. The molecule has 3 rings (SSSR count). The van der Waals surface area contributed by atoms with Gasteiger partial charge in [-0.2, -0.15) is 0 Å². The molecular weight excluding hydrogens is 400 g/mol. The molecule has 4 atom stereocenters. The standard InChI is InChI=1S/C28H40O4/c29-28(30)17-11-4-3-10-16-24-25(27-19-18-26(24)32-27)20-22-31-21-12-5-1-2-7-13-23-14-8-6-9-15-23/h1,3,5-6,8-10,14-15,24-27H,2,4,7,11-13,16-22H2,(H,29,30)/t24-,25+,26-,27+/m1/s1. The third-order valence-corrected chi connectivity index (χ3v) is 6.80. The summed E-state index contributed by atoms with van der Waals surface area (Å²) in [6.45, 7) is 1.61. The number of carbonyl (C=O) groups is 1. The monoisotopic (exact) mass is 440 g/mol. The van der Waals surface area contributed by atoms with Crippen molar-refractivity contribution in [1.82, 2.24) is 0 Å². The molecule has 0 aliphatic carbocycles. The summed E-state index contributed by atoms with van der Waals surface area (Å²) in [6.07, 6.45) is 20.5. The van der Waals surface area contributed by atoms with Gasteiger partial charge in [-0.25, -0.2) is 0 Å². The van der Waals surface area contributed by atoms with Crippen molar-refractivity contribution >= 4 is 5.97 Å². The Balaban J connectivity index is 1.23. The second kappa shape index (κ2) is 14.3. The van der Waals surface area contributed by atoms with Gasteiger partial charge in [-0.15, -0.1) is 0 Å². The first-order valence-electron chi connectivity index (χ1n) is 12.5. The first-order chi connectivity index (χ1) is 15.7. The van der Waals surface area contributed by atoms with Gasteiger partial charge in [0, 0.05) is 13.0 Å². The van der Waals surface area contributed by atoms with E-state index in [1.54, 1.807) is 0 Å². The average molecular weight is 441 g/mol. The first-order valence-corrected chi connectivity index (χ1v) is 12.5. The number of rotatable bonds is 16. The minimum atomic E-state index is -0.710. The Kier molecular flexibility index (Phi) is 11.0. The second-order valence-electron chi connectivity index (χ2n) is 9.15. The van der Waals surface area contributed by atoms with Crippen LogP contribution in [0.25, 0.3) is 0 Å². The lowest BCUT2D eigenvalue weighted by Gasteiger charge is -2.27. The number of carboxylic acid groups (broad SMARTS) is 1. The molecule has 0 amide bonds. The number of benzene rings is 1. The molecule has 2 bridgehead atoms. The van der Waals surface area contributed by atoms with Crippen LogP contribution in [-0.2, 0) is 20.7 Å². The lowest BCUT2D eigenvalue weighted by atomic mass is 9.76. The summed E-state index contributed by atoms with van der Waals surface area (Å²) in [6, 6.07) is 10.7. The smallest absolute Gasteiger partial charge is 0.303 e. The predicted octanol–water partition coefficient (Wildman–Crippen LogP) is 6.36. The maximum absolute atomic E-state index is 10.6. The largest absolute Gasteiger partial charge is 0.481 e. The molecule has 176 valence electrons. The minimum Gasteiger partial charge on any atom is -0.481 e. The number of carboxylic acids is 1. The molecule has 0 saturated carbocycles. The molecule has 4 nitrogen and oxygen atoms in total. The number of aliphatic carboxylic acids is 1. The summed E-state index contributed by atoms with van der Waals surface area (Å²) >= 11 is 0. The number of ether oxygens (including phenoxy) is 2. The van der Waals surface area contributed by atoms with E-state index in [4.69, 9.17) is 14.6 Å². The highest BCUT2D eigenvalue weighted by Gasteiger charge is 2.47.